The Morgan fingerprint density at radius 2 is 2.18 bits per heavy atom. The third kappa shape index (κ3) is 2.40. The van der Waals surface area contributed by atoms with Gasteiger partial charge in [0.25, 0.3) is 0 Å². The maximum absolute atomic E-state index is 11.9. The second-order valence-electron chi connectivity index (χ2n) is 3.98. The Kier molecular flexibility index (Phi) is 4.09. The summed E-state index contributed by atoms with van der Waals surface area (Å²) in [4.78, 5) is 34.8. The highest BCUT2D eigenvalue weighted by Crippen LogP contribution is 2.30. The molecule has 2 atom stereocenters. The molecule has 0 aromatic rings. The average molecular weight is 243 g/mol. The number of nitrogens with one attached hydrogen (secondary N) is 1. The topological polar surface area (TPSA) is 81.7 Å². The summed E-state index contributed by atoms with van der Waals surface area (Å²) < 4.78 is 9.55. The standard InChI is InChI=1S/C11H17NO5/c1-4-17-10(15)11(6-5-8(13)12-11)7(2)9(14)16-3/h7H,4-6H2,1-3H3,(H,12,13). The second kappa shape index (κ2) is 5.16. The molecule has 1 aliphatic heterocycles. The van der Waals surface area contributed by atoms with Crippen LogP contribution in [-0.2, 0) is 23.9 Å². The molecule has 1 fully saturated rings. The van der Waals surface area contributed by atoms with Crippen LogP contribution >= 0.6 is 0 Å². The van der Waals surface area contributed by atoms with Crippen molar-refractivity contribution >= 4 is 17.8 Å². The van der Waals surface area contributed by atoms with E-state index in [9.17, 15) is 14.4 Å². The molecule has 2 unspecified atom stereocenters. The van der Waals surface area contributed by atoms with Crippen molar-refractivity contribution in [3.8, 4) is 0 Å². The van der Waals surface area contributed by atoms with Gasteiger partial charge >= 0.3 is 11.9 Å². The van der Waals surface area contributed by atoms with E-state index in [-0.39, 0.29) is 25.4 Å². The fourth-order valence-corrected chi connectivity index (χ4v) is 1.98. The van der Waals surface area contributed by atoms with Gasteiger partial charge in [0.2, 0.25) is 5.91 Å². The van der Waals surface area contributed by atoms with Crippen molar-refractivity contribution in [2.45, 2.75) is 32.2 Å². The van der Waals surface area contributed by atoms with Crippen molar-refractivity contribution in [1.29, 1.82) is 0 Å². The van der Waals surface area contributed by atoms with E-state index in [0.29, 0.717) is 0 Å². The van der Waals surface area contributed by atoms with Crippen LogP contribution in [0.1, 0.15) is 26.7 Å². The largest absolute Gasteiger partial charge is 0.469 e. The zero-order valence-corrected chi connectivity index (χ0v) is 10.2. The number of esters is 2. The smallest absolute Gasteiger partial charge is 0.332 e. The lowest BCUT2D eigenvalue weighted by molar-refractivity contribution is -0.162. The third-order valence-corrected chi connectivity index (χ3v) is 3.04. The number of rotatable bonds is 4. The summed E-state index contributed by atoms with van der Waals surface area (Å²) in [7, 11) is 1.24. The minimum absolute atomic E-state index is 0.199. The van der Waals surface area contributed by atoms with E-state index < -0.39 is 23.4 Å². The SMILES string of the molecule is CCOC(=O)C1(C(C)C(=O)OC)CCC(=O)N1. The molecule has 0 aliphatic carbocycles. The lowest BCUT2D eigenvalue weighted by Gasteiger charge is -2.30. The molecule has 96 valence electrons. The Hall–Kier alpha value is -1.59. The number of hydrogen-bond acceptors (Lipinski definition) is 5. The molecular formula is C11H17NO5. The van der Waals surface area contributed by atoms with Gasteiger partial charge in [0, 0.05) is 6.42 Å². The normalized spacial score (nSPS) is 25.0. The number of methoxy groups -OCH3 is 1. The monoisotopic (exact) mass is 243 g/mol. The lowest BCUT2D eigenvalue weighted by atomic mass is 9.83. The minimum Gasteiger partial charge on any atom is -0.469 e. The van der Waals surface area contributed by atoms with Crippen LogP contribution in [0.25, 0.3) is 0 Å². The number of carbonyl (C=O) groups is 3. The maximum atomic E-state index is 11.9. The fraction of sp³-hybridized carbons (Fsp3) is 0.727. The quantitative estimate of drug-likeness (QED) is 0.703. The van der Waals surface area contributed by atoms with Gasteiger partial charge in [0.1, 0.15) is 0 Å². The zero-order valence-electron chi connectivity index (χ0n) is 10.2. The predicted octanol–water partition coefficient (Wildman–Crippen LogP) is 0.00740. The van der Waals surface area contributed by atoms with Gasteiger partial charge in [0.05, 0.1) is 19.6 Å². The molecule has 17 heavy (non-hydrogen) atoms. The Bertz CT molecular complexity index is 341. The Morgan fingerprint density at radius 1 is 1.53 bits per heavy atom. The summed E-state index contributed by atoms with van der Waals surface area (Å²) in [6, 6.07) is 0. The highest BCUT2D eigenvalue weighted by Gasteiger charge is 2.53. The molecule has 1 aliphatic rings. The molecule has 6 nitrogen and oxygen atoms in total. The van der Waals surface area contributed by atoms with Gasteiger partial charge < -0.3 is 14.8 Å². The van der Waals surface area contributed by atoms with Crippen LogP contribution in [0.4, 0.5) is 0 Å². The molecule has 0 aromatic heterocycles. The van der Waals surface area contributed by atoms with Crippen molar-refractivity contribution in [1.82, 2.24) is 5.32 Å². The lowest BCUT2D eigenvalue weighted by Crippen LogP contribution is -2.57. The molecule has 0 aromatic carbocycles. The average Bonchev–Trinajstić information content (AvgIpc) is 2.71. The van der Waals surface area contributed by atoms with Gasteiger partial charge in [0.15, 0.2) is 5.54 Å². The van der Waals surface area contributed by atoms with Gasteiger partial charge in [-0.1, -0.05) is 0 Å². The number of carbonyl (C=O) groups excluding carboxylic acids is 3. The van der Waals surface area contributed by atoms with Gasteiger partial charge in [-0.3, -0.25) is 9.59 Å². The molecular weight excluding hydrogens is 226 g/mol. The molecule has 1 rings (SSSR count). The zero-order chi connectivity index (χ0) is 13.1. The van der Waals surface area contributed by atoms with E-state index >= 15 is 0 Å². The van der Waals surface area contributed by atoms with E-state index in [4.69, 9.17) is 4.74 Å². The van der Waals surface area contributed by atoms with Gasteiger partial charge in [-0.15, -0.1) is 0 Å². The number of hydrogen-bond donors (Lipinski definition) is 1. The second-order valence-corrected chi connectivity index (χ2v) is 3.98. The Labute approximate surface area is 99.6 Å². The molecule has 0 bridgehead atoms. The van der Waals surface area contributed by atoms with E-state index in [2.05, 4.69) is 10.1 Å². The van der Waals surface area contributed by atoms with Crippen LogP contribution in [0.15, 0.2) is 0 Å². The van der Waals surface area contributed by atoms with Crippen LogP contribution in [0.5, 0.6) is 0 Å². The van der Waals surface area contributed by atoms with Crippen LogP contribution in [0, 0.1) is 5.92 Å². The molecule has 1 amide bonds. The van der Waals surface area contributed by atoms with E-state index in [1.54, 1.807) is 13.8 Å². The highest BCUT2D eigenvalue weighted by atomic mass is 16.5. The van der Waals surface area contributed by atoms with E-state index in [1.165, 1.54) is 7.11 Å². The summed E-state index contributed by atoms with van der Waals surface area (Å²) in [6.45, 7) is 3.42. The van der Waals surface area contributed by atoms with Crippen LogP contribution in [0.3, 0.4) is 0 Å². The summed E-state index contributed by atoms with van der Waals surface area (Å²) >= 11 is 0. The van der Waals surface area contributed by atoms with Gasteiger partial charge in [-0.25, -0.2) is 4.79 Å². The fourth-order valence-electron chi connectivity index (χ4n) is 1.98. The number of amides is 1. The van der Waals surface area contributed by atoms with E-state index in [1.807, 2.05) is 0 Å². The molecule has 0 spiro atoms. The molecule has 0 saturated carbocycles. The molecule has 6 heteroatoms. The van der Waals surface area contributed by atoms with Crippen LogP contribution in [0.2, 0.25) is 0 Å². The summed E-state index contributed by atoms with van der Waals surface area (Å²) in [5.74, 6) is -2.14. The van der Waals surface area contributed by atoms with E-state index in [0.717, 1.165) is 0 Å². The number of ether oxygens (including phenoxy) is 2. The first-order valence-electron chi connectivity index (χ1n) is 5.54. The molecule has 1 N–H and O–H groups in total. The summed E-state index contributed by atoms with van der Waals surface area (Å²) in [5, 5.41) is 2.55. The first kappa shape index (κ1) is 13.5. The summed E-state index contributed by atoms with van der Waals surface area (Å²) in [6.07, 6.45) is 0.459. The van der Waals surface area contributed by atoms with Crippen molar-refractivity contribution in [2.24, 2.45) is 5.92 Å². The van der Waals surface area contributed by atoms with Crippen molar-refractivity contribution < 1.29 is 23.9 Å². The van der Waals surface area contributed by atoms with Gasteiger partial charge in [-0.2, -0.15) is 0 Å². The summed E-state index contributed by atoms with van der Waals surface area (Å²) in [5.41, 5.74) is -1.28. The van der Waals surface area contributed by atoms with Crippen LogP contribution < -0.4 is 5.32 Å². The third-order valence-electron chi connectivity index (χ3n) is 3.04. The van der Waals surface area contributed by atoms with Crippen molar-refractivity contribution in [3.63, 3.8) is 0 Å². The molecule has 0 radical (unpaired) electrons. The Balaban J connectivity index is 2.98. The first-order valence-corrected chi connectivity index (χ1v) is 5.54. The Morgan fingerprint density at radius 3 is 2.59 bits per heavy atom. The highest BCUT2D eigenvalue weighted by molar-refractivity contribution is 5.96. The molecule has 1 saturated heterocycles. The van der Waals surface area contributed by atoms with Crippen LogP contribution in [-0.4, -0.2) is 37.1 Å². The van der Waals surface area contributed by atoms with Crippen molar-refractivity contribution in [3.05, 3.63) is 0 Å². The minimum atomic E-state index is -1.28. The predicted molar refractivity (Wildman–Crippen MR) is 57.9 cm³/mol. The molecule has 1 heterocycles. The van der Waals surface area contributed by atoms with Crippen molar-refractivity contribution in [2.75, 3.05) is 13.7 Å². The van der Waals surface area contributed by atoms with Gasteiger partial charge in [-0.05, 0) is 20.3 Å². The maximum Gasteiger partial charge on any atom is 0.332 e. The first-order chi connectivity index (χ1) is 7.97.